The molecule has 1 aliphatic carbocycles. The summed E-state index contributed by atoms with van der Waals surface area (Å²) in [6.45, 7) is 1.51. The Hall–Kier alpha value is -3.16. The van der Waals surface area contributed by atoms with E-state index in [1.54, 1.807) is 11.3 Å². The molecule has 1 fully saturated rings. The van der Waals surface area contributed by atoms with Crippen LogP contribution in [0.1, 0.15) is 25.7 Å². The summed E-state index contributed by atoms with van der Waals surface area (Å²) in [6.07, 6.45) is 8.54. The highest BCUT2D eigenvalue weighted by molar-refractivity contribution is 7.13. The minimum Gasteiger partial charge on any atom is -0.384 e. The number of pyridine rings is 1. The predicted octanol–water partition coefficient (Wildman–Crippen LogP) is 4.66. The molecule has 0 amide bonds. The molecule has 0 radical (unpaired) electrons. The second-order valence-electron chi connectivity index (χ2n) is 9.09. The third-order valence-electron chi connectivity index (χ3n) is 7.20. The van der Waals surface area contributed by atoms with Crippen LogP contribution in [-0.4, -0.2) is 35.4 Å². The quantitative estimate of drug-likeness (QED) is 0.597. The molecule has 0 unspecified atom stereocenters. The molecule has 1 saturated carbocycles. The zero-order valence-electron chi connectivity index (χ0n) is 18.5. The number of nitrogens with zero attached hydrogens (tertiary/aromatic N) is 4. The van der Waals surface area contributed by atoms with Crippen LogP contribution in [0.4, 0.5) is 5.69 Å². The number of rotatable bonds is 4. The highest BCUT2D eigenvalue weighted by Crippen LogP contribution is 2.37. The molecule has 4 N–H and O–H groups in total. The molecule has 0 spiro atoms. The molecule has 6 nitrogen and oxygen atoms in total. The normalized spacial score (nSPS) is 22.8. The summed E-state index contributed by atoms with van der Waals surface area (Å²) in [7, 11) is 0. The molecule has 0 atom stereocenters. The van der Waals surface area contributed by atoms with Gasteiger partial charge in [-0.25, -0.2) is 4.98 Å². The summed E-state index contributed by atoms with van der Waals surface area (Å²) in [4.78, 5) is 15.3. The zero-order valence-corrected chi connectivity index (χ0v) is 19.3. The van der Waals surface area contributed by atoms with Crippen molar-refractivity contribution in [2.24, 2.45) is 22.4 Å². The van der Waals surface area contributed by atoms with Crippen LogP contribution in [-0.2, 0) is 0 Å². The number of nitrogens with two attached hydrogens (primary N) is 2. The van der Waals surface area contributed by atoms with E-state index in [2.05, 4.69) is 62.6 Å². The van der Waals surface area contributed by atoms with E-state index in [-0.39, 0.29) is 0 Å². The third kappa shape index (κ3) is 3.61. The number of aromatic nitrogens is 1. The first-order chi connectivity index (χ1) is 16.2. The van der Waals surface area contributed by atoms with Crippen LogP contribution in [0.25, 0.3) is 21.5 Å². The Morgan fingerprint density at radius 2 is 1.91 bits per heavy atom. The van der Waals surface area contributed by atoms with Gasteiger partial charge in [0.2, 0.25) is 0 Å². The van der Waals surface area contributed by atoms with Crippen LogP contribution in [0.5, 0.6) is 0 Å². The molecule has 0 bridgehead atoms. The molecule has 2 aliphatic heterocycles. The number of allylic oxidation sites excluding steroid dienone is 1. The lowest BCUT2D eigenvalue weighted by molar-refractivity contribution is 0.175. The van der Waals surface area contributed by atoms with Crippen LogP contribution < -0.4 is 16.4 Å². The number of anilines is 1. The lowest BCUT2D eigenvalue weighted by Gasteiger charge is -2.45. The Balaban J connectivity index is 1.35. The second kappa shape index (κ2) is 8.32. The number of benzene rings is 1. The molecule has 7 heteroatoms. The maximum atomic E-state index is 6.69. The summed E-state index contributed by atoms with van der Waals surface area (Å²) in [6, 6.07) is 15.3. The zero-order chi connectivity index (χ0) is 22.4. The Kier molecular flexibility index (Phi) is 5.15. The Morgan fingerprint density at radius 1 is 1.06 bits per heavy atom. The molecule has 4 heterocycles. The van der Waals surface area contributed by atoms with Crippen LogP contribution in [0.2, 0.25) is 0 Å². The van der Waals surface area contributed by atoms with Crippen molar-refractivity contribution in [3.63, 3.8) is 0 Å². The average molecular weight is 457 g/mol. The van der Waals surface area contributed by atoms with Crippen LogP contribution in [0, 0.1) is 5.92 Å². The molecule has 3 aromatic rings. The van der Waals surface area contributed by atoms with Gasteiger partial charge in [0.05, 0.1) is 40.2 Å². The summed E-state index contributed by atoms with van der Waals surface area (Å²) < 4.78 is 0. The van der Waals surface area contributed by atoms with E-state index in [1.807, 2.05) is 12.4 Å². The van der Waals surface area contributed by atoms with E-state index in [4.69, 9.17) is 16.5 Å². The molecule has 168 valence electrons. The molecule has 1 aromatic carbocycles. The van der Waals surface area contributed by atoms with E-state index < -0.39 is 0 Å². The molecular formula is C26H28N6S. The monoisotopic (exact) mass is 456 g/mol. The topological polar surface area (TPSA) is 83.8 Å². The largest absolute Gasteiger partial charge is 0.384 e. The highest BCUT2D eigenvalue weighted by atomic mass is 32.1. The van der Waals surface area contributed by atoms with E-state index in [9.17, 15) is 0 Å². The molecule has 0 saturated heterocycles. The van der Waals surface area contributed by atoms with Crippen LogP contribution in [0.15, 0.2) is 76.1 Å². The third-order valence-corrected chi connectivity index (χ3v) is 8.09. The van der Waals surface area contributed by atoms with Crippen molar-refractivity contribution in [3.8, 4) is 10.6 Å². The summed E-state index contributed by atoms with van der Waals surface area (Å²) in [5, 5.41) is 3.21. The number of hydrogen-bond donors (Lipinski definition) is 2. The maximum absolute atomic E-state index is 6.69. The van der Waals surface area contributed by atoms with Crippen molar-refractivity contribution in [1.29, 1.82) is 0 Å². The SMILES string of the molecule is NCC1CCC(N2CN(c3ccc4ccc(-c5cccs5)nc4c3)C(N)=C3C=NC=C32)CC1. The molecule has 6 rings (SSSR count). The van der Waals surface area contributed by atoms with Crippen LogP contribution in [0.3, 0.4) is 0 Å². The van der Waals surface area contributed by atoms with E-state index in [0.29, 0.717) is 12.0 Å². The van der Waals surface area contributed by atoms with Gasteiger partial charge in [-0.3, -0.25) is 4.99 Å². The Morgan fingerprint density at radius 3 is 2.70 bits per heavy atom. The van der Waals surface area contributed by atoms with Gasteiger partial charge in [-0.05, 0) is 67.8 Å². The number of hydrogen-bond acceptors (Lipinski definition) is 7. The number of aliphatic imine (C=N–C) groups is 1. The summed E-state index contributed by atoms with van der Waals surface area (Å²) >= 11 is 1.71. The molecule has 3 aliphatic rings. The molecule has 2 aromatic heterocycles. The molecule has 33 heavy (non-hydrogen) atoms. The first-order valence-electron chi connectivity index (χ1n) is 11.6. The number of fused-ring (bicyclic) bond motifs is 2. The van der Waals surface area contributed by atoms with Gasteiger partial charge >= 0.3 is 0 Å². The van der Waals surface area contributed by atoms with Crippen molar-refractivity contribution in [2.75, 3.05) is 18.1 Å². The lowest BCUT2D eigenvalue weighted by atomic mass is 9.85. The Bertz CT molecular complexity index is 1270. The number of thiophene rings is 1. The van der Waals surface area contributed by atoms with Gasteiger partial charge in [0, 0.05) is 23.3 Å². The minimum atomic E-state index is 0.482. The van der Waals surface area contributed by atoms with Gasteiger partial charge in [0.25, 0.3) is 0 Å². The predicted molar refractivity (Wildman–Crippen MR) is 137 cm³/mol. The van der Waals surface area contributed by atoms with Crippen molar-refractivity contribution in [3.05, 3.63) is 71.1 Å². The van der Waals surface area contributed by atoms with Gasteiger partial charge in [-0.15, -0.1) is 11.3 Å². The first-order valence-corrected chi connectivity index (χ1v) is 12.5. The standard InChI is InChI=1S/C26H28N6S/c27-13-17-3-7-19(8-4-17)31-16-32(26(28)21-14-29-15-24(21)31)20-9-5-18-6-10-22(30-23(18)12-20)25-2-1-11-33-25/h1-2,5-6,9-12,14-15,17,19H,3-4,7-8,13,16,27-28H2. The Labute approximate surface area is 197 Å². The van der Waals surface area contributed by atoms with E-state index in [1.165, 1.54) is 17.7 Å². The molecular weight excluding hydrogens is 428 g/mol. The fourth-order valence-corrected chi connectivity index (χ4v) is 5.95. The smallest absolute Gasteiger partial charge is 0.116 e. The minimum absolute atomic E-state index is 0.482. The van der Waals surface area contributed by atoms with Gasteiger partial charge in [-0.2, -0.15) is 0 Å². The van der Waals surface area contributed by atoms with Crippen LogP contribution >= 0.6 is 11.3 Å². The van der Waals surface area contributed by atoms with Crippen molar-refractivity contribution in [1.82, 2.24) is 9.88 Å². The average Bonchev–Trinajstić information content (AvgIpc) is 3.57. The van der Waals surface area contributed by atoms with Crippen molar-refractivity contribution in [2.45, 2.75) is 31.7 Å². The van der Waals surface area contributed by atoms with Gasteiger partial charge < -0.3 is 21.3 Å². The van der Waals surface area contributed by atoms with Gasteiger partial charge in [-0.1, -0.05) is 18.2 Å². The van der Waals surface area contributed by atoms with E-state index >= 15 is 0 Å². The highest BCUT2D eigenvalue weighted by Gasteiger charge is 2.35. The van der Waals surface area contributed by atoms with Gasteiger partial charge in [0.15, 0.2) is 0 Å². The van der Waals surface area contributed by atoms with E-state index in [0.717, 1.165) is 65.4 Å². The second-order valence-corrected chi connectivity index (χ2v) is 10.0. The van der Waals surface area contributed by atoms with Crippen molar-refractivity contribution < 1.29 is 0 Å². The summed E-state index contributed by atoms with van der Waals surface area (Å²) in [5.74, 6) is 1.41. The van der Waals surface area contributed by atoms with Gasteiger partial charge in [0.1, 0.15) is 5.82 Å². The van der Waals surface area contributed by atoms with Crippen molar-refractivity contribution >= 4 is 34.1 Å². The fourth-order valence-electron chi connectivity index (χ4n) is 5.25. The lowest BCUT2D eigenvalue weighted by Crippen LogP contribution is -2.50. The fraction of sp³-hybridized carbons (Fsp3) is 0.308. The first kappa shape index (κ1) is 20.4. The summed E-state index contributed by atoms with van der Waals surface area (Å²) in [5.41, 5.74) is 17.8. The maximum Gasteiger partial charge on any atom is 0.116 e.